The van der Waals surface area contributed by atoms with Gasteiger partial charge in [0, 0.05) is 24.2 Å². The molecule has 1 aliphatic rings. The maximum absolute atomic E-state index is 12.8. The molecule has 4 nitrogen and oxygen atoms in total. The molecule has 0 radical (unpaired) electrons. The van der Waals surface area contributed by atoms with Crippen LogP contribution in [0, 0.1) is 17.7 Å². The van der Waals surface area contributed by atoms with Crippen LogP contribution in [0.25, 0.3) is 0 Å². The minimum atomic E-state index is 0.0644. The van der Waals surface area contributed by atoms with Gasteiger partial charge >= 0.3 is 0 Å². The van der Waals surface area contributed by atoms with Crippen molar-refractivity contribution in [3.63, 3.8) is 0 Å². The average Bonchev–Trinajstić information content (AvgIpc) is 2.48. The molecule has 1 heterocycles. The Balaban J connectivity index is 2.21. The molecule has 126 valence electrons. The van der Waals surface area contributed by atoms with Crippen LogP contribution in [0.1, 0.15) is 63.5 Å². The molecule has 3 N–H and O–H groups in total. The van der Waals surface area contributed by atoms with E-state index >= 15 is 0 Å². The van der Waals surface area contributed by atoms with E-state index in [4.69, 9.17) is 11.1 Å². The van der Waals surface area contributed by atoms with Crippen LogP contribution in [0.2, 0.25) is 0 Å². The average molecular weight is 315 g/mol. The molecule has 23 heavy (non-hydrogen) atoms. The van der Waals surface area contributed by atoms with Crippen molar-refractivity contribution in [1.29, 1.82) is 5.41 Å². The highest BCUT2D eigenvalue weighted by molar-refractivity contribution is 5.98. The molecule has 1 aromatic carbocycles. The van der Waals surface area contributed by atoms with Gasteiger partial charge in [0.1, 0.15) is 5.84 Å². The van der Waals surface area contributed by atoms with Crippen molar-refractivity contribution < 1.29 is 4.79 Å². The molecule has 1 fully saturated rings. The molecule has 1 amide bonds. The van der Waals surface area contributed by atoms with Crippen molar-refractivity contribution in [3.05, 3.63) is 29.3 Å². The van der Waals surface area contributed by atoms with Crippen molar-refractivity contribution in [3.8, 4) is 0 Å². The van der Waals surface area contributed by atoms with E-state index in [1.165, 1.54) is 0 Å². The lowest BCUT2D eigenvalue weighted by Crippen LogP contribution is -2.44. The summed E-state index contributed by atoms with van der Waals surface area (Å²) in [6, 6.07) is 5.65. The van der Waals surface area contributed by atoms with Crippen molar-refractivity contribution >= 4 is 17.4 Å². The molecule has 4 heteroatoms. The predicted molar refractivity (Wildman–Crippen MR) is 96.0 cm³/mol. The number of carbonyl (C=O) groups excluding carboxylic acids is 1. The highest BCUT2D eigenvalue weighted by Crippen LogP contribution is 2.42. The van der Waals surface area contributed by atoms with E-state index in [0.717, 1.165) is 49.9 Å². The number of carbonyl (C=O) groups is 1. The van der Waals surface area contributed by atoms with Gasteiger partial charge < -0.3 is 10.6 Å². The van der Waals surface area contributed by atoms with Crippen LogP contribution in [0.5, 0.6) is 0 Å². The summed E-state index contributed by atoms with van der Waals surface area (Å²) in [5, 5.41) is 7.53. The Morgan fingerprint density at radius 2 is 1.96 bits per heavy atom. The monoisotopic (exact) mass is 315 g/mol. The number of hydrogen-bond acceptors (Lipinski definition) is 2. The van der Waals surface area contributed by atoms with E-state index in [9.17, 15) is 4.79 Å². The number of anilines is 1. The quantitative estimate of drug-likeness (QED) is 0.615. The largest absolute Gasteiger partial charge is 0.384 e. The smallest absolute Gasteiger partial charge is 0.227 e. The Morgan fingerprint density at radius 1 is 1.30 bits per heavy atom. The number of nitrogens with one attached hydrogen (secondary N) is 1. The number of nitrogens with two attached hydrogens (primary N) is 1. The molecular formula is C19H29N3O. The van der Waals surface area contributed by atoms with Gasteiger partial charge in [-0.1, -0.05) is 26.7 Å². The van der Waals surface area contributed by atoms with E-state index in [1.54, 1.807) is 0 Å². The molecule has 0 aliphatic carbocycles. The molecule has 0 saturated carbocycles. The Bertz CT molecular complexity index is 588. The molecule has 0 atom stereocenters. The number of benzene rings is 1. The summed E-state index contributed by atoms with van der Waals surface area (Å²) in [6.07, 6.45) is 6.29. The Kier molecular flexibility index (Phi) is 5.45. The molecular weight excluding hydrogens is 286 g/mol. The van der Waals surface area contributed by atoms with E-state index in [-0.39, 0.29) is 17.2 Å². The van der Waals surface area contributed by atoms with E-state index < -0.39 is 0 Å². The Labute approximate surface area is 139 Å². The lowest BCUT2D eigenvalue weighted by atomic mass is 9.71. The summed E-state index contributed by atoms with van der Waals surface area (Å²) in [6.45, 7) is 7.19. The molecule has 2 rings (SSSR count). The number of amidine groups is 1. The minimum Gasteiger partial charge on any atom is -0.384 e. The number of nitrogen functional groups attached to an aromatic ring is 1. The van der Waals surface area contributed by atoms with E-state index in [0.29, 0.717) is 12.0 Å². The second-order valence-electron chi connectivity index (χ2n) is 6.89. The van der Waals surface area contributed by atoms with Crippen LogP contribution < -0.4 is 10.6 Å². The van der Waals surface area contributed by atoms with Crippen LogP contribution in [0.15, 0.2) is 18.2 Å². The van der Waals surface area contributed by atoms with Crippen LogP contribution in [-0.2, 0) is 4.79 Å². The Morgan fingerprint density at radius 3 is 2.43 bits per heavy atom. The highest BCUT2D eigenvalue weighted by atomic mass is 16.2. The third-order valence-electron chi connectivity index (χ3n) is 5.05. The second kappa shape index (κ2) is 7.16. The standard InChI is InChI=1S/C19H29N3O/c1-4-8-19(9-5-2)10-11-22(17(23)13-19)16-7-6-15(18(20)21)12-14(16)3/h6-7,12H,4-5,8-11,13H2,1-3H3,(H3,20,21). The molecule has 0 spiro atoms. The number of nitrogens with zero attached hydrogens (tertiary/aromatic N) is 1. The van der Waals surface area contributed by atoms with Gasteiger partial charge in [-0.15, -0.1) is 0 Å². The molecule has 1 aromatic rings. The van der Waals surface area contributed by atoms with E-state index in [2.05, 4.69) is 13.8 Å². The molecule has 1 saturated heterocycles. The second-order valence-corrected chi connectivity index (χ2v) is 6.89. The lowest BCUT2D eigenvalue weighted by molar-refractivity contribution is -0.123. The Hall–Kier alpha value is -1.84. The van der Waals surface area contributed by atoms with Crippen LogP contribution in [0.3, 0.4) is 0 Å². The number of rotatable bonds is 6. The summed E-state index contributed by atoms with van der Waals surface area (Å²) in [7, 11) is 0. The van der Waals surface area contributed by atoms with Gasteiger partial charge in [0.2, 0.25) is 5.91 Å². The first kappa shape index (κ1) is 17.5. The SMILES string of the molecule is CCCC1(CCC)CCN(c2ccc(C(=N)N)cc2C)C(=O)C1. The zero-order valence-electron chi connectivity index (χ0n) is 14.6. The fourth-order valence-electron chi connectivity index (χ4n) is 3.97. The van der Waals surface area contributed by atoms with Gasteiger partial charge in [-0.2, -0.15) is 0 Å². The van der Waals surface area contributed by atoms with Crippen molar-refractivity contribution in [2.45, 2.75) is 59.3 Å². The van der Waals surface area contributed by atoms with Crippen molar-refractivity contribution in [1.82, 2.24) is 0 Å². The van der Waals surface area contributed by atoms with Crippen LogP contribution in [-0.4, -0.2) is 18.3 Å². The zero-order chi connectivity index (χ0) is 17.0. The summed E-state index contributed by atoms with van der Waals surface area (Å²) >= 11 is 0. The maximum Gasteiger partial charge on any atom is 0.227 e. The first-order chi connectivity index (χ1) is 10.9. The van der Waals surface area contributed by atoms with Gasteiger partial charge in [-0.3, -0.25) is 10.2 Å². The van der Waals surface area contributed by atoms with Crippen LogP contribution >= 0.6 is 0 Å². The summed E-state index contributed by atoms with van der Waals surface area (Å²) in [4.78, 5) is 14.7. The number of hydrogen-bond donors (Lipinski definition) is 2. The fraction of sp³-hybridized carbons (Fsp3) is 0.579. The third-order valence-corrected chi connectivity index (χ3v) is 5.05. The van der Waals surface area contributed by atoms with Crippen LogP contribution in [0.4, 0.5) is 5.69 Å². The minimum absolute atomic E-state index is 0.0644. The molecule has 1 aliphatic heterocycles. The van der Waals surface area contributed by atoms with Gasteiger partial charge in [0.15, 0.2) is 0 Å². The van der Waals surface area contributed by atoms with Gasteiger partial charge in [-0.05, 0) is 55.4 Å². The molecule has 0 bridgehead atoms. The van der Waals surface area contributed by atoms with Gasteiger partial charge in [0.25, 0.3) is 0 Å². The lowest BCUT2D eigenvalue weighted by Gasteiger charge is -2.42. The summed E-state index contributed by atoms with van der Waals surface area (Å²) in [5.41, 5.74) is 8.42. The number of amides is 1. The van der Waals surface area contributed by atoms with Crippen molar-refractivity contribution in [2.75, 3.05) is 11.4 Å². The topological polar surface area (TPSA) is 70.2 Å². The van der Waals surface area contributed by atoms with Crippen molar-refractivity contribution in [2.24, 2.45) is 11.1 Å². The summed E-state index contributed by atoms with van der Waals surface area (Å²) < 4.78 is 0. The zero-order valence-corrected chi connectivity index (χ0v) is 14.6. The fourth-order valence-corrected chi connectivity index (χ4v) is 3.97. The normalized spacial score (nSPS) is 17.3. The predicted octanol–water partition coefficient (Wildman–Crippen LogP) is 3.99. The first-order valence-electron chi connectivity index (χ1n) is 8.68. The first-order valence-corrected chi connectivity index (χ1v) is 8.68. The number of piperidine rings is 1. The highest BCUT2D eigenvalue weighted by Gasteiger charge is 2.38. The summed E-state index contributed by atoms with van der Waals surface area (Å²) in [5.74, 6) is 0.298. The third kappa shape index (κ3) is 3.74. The maximum atomic E-state index is 12.8. The molecule has 0 aromatic heterocycles. The number of aryl methyl sites for hydroxylation is 1. The molecule has 0 unspecified atom stereocenters. The van der Waals surface area contributed by atoms with Gasteiger partial charge in [-0.25, -0.2) is 0 Å². The van der Waals surface area contributed by atoms with E-state index in [1.807, 2.05) is 30.0 Å². The van der Waals surface area contributed by atoms with Gasteiger partial charge in [0.05, 0.1) is 0 Å².